The van der Waals surface area contributed by atoms with Gasteiger partial charge in [-0.2, -0.15) is 0 Å². The van der Waals surface area contributed by atoms with Crippen LogP contribution in [0.25, 0.3) is 0 Å². The SMILES string of the molecule is NC(=O)Cc1ncc(Cl)cc1I. The van der Waals surface area contributed by atoms with Crippen molar-refractivity contribution in [1.82, 2.24) is 4.98 Å². The van der Waals surface area contributed by atoms with Gasteiger partial charge in [-0.15, -0.1) is 0 Å². The molecule has 12 heavy (non-hydrogen) atoms. The summed E-state index contributed by atoms with van der Waals surface area (Å²) in [5.41, 5.74) is 5.69. The lowest BCUT2D eigenvalue weighted by atomic mass is 10.3. The number of hydrogen-bond donors (Lipinski definition) is 1. The third-order valence-electron chi connectivity index (χ3n) is 1.23. The molecule has 1 aromatic heterocycles. The van der Waals surface area contributed by atoms with Gasteiger partial charge >= 0.3 is 0 Å². The lowest BCUT2D eigenvalue weighted by molar-refractivity contribution is -0.117. The summed E-state index contributed by atoms with van der Waals surface area (Å²) in [5.74, 6) is -0.386. The Morgan fingerprint density at radius 3 is 2.92 bits per heavy atom. The summed E-state index contributed by atoms with van der Waals surface area (Å²) in [5, 5.41) is 0.563. The fraction of sp³-hybridized carbons (Fsp3) is 0.143. The number of carbonyl (C=O) groups excluding carboxylic acids is 1. The number of rotatable bonds is 2. The zero-order valence-electron chi connectivity index (χ0n) is 6.05. The molecule has 5 heteroatoms. The van der Waals surface area contributed by atoms with Crippen LogP contribution in [0.1, 0.15) is 5.69 Å². The van der Waals surface area contributed by atoms with Crippen molar-refractivity contribution in [3.63, 3.8) is 0 Å². The Kier molecular flexibility index (Phi) is 3.28. The van der Waals surface area contributed by atoms with E-state index >= 15 is 0 Å². The standard InChI is InChI=1S/C7H6ClIN2O/c8-4-1-5(9)6(11-3-4)2-7(10)12/h1,3H,2H2,(H2,10,12). The minimum Gasteiger partial charge on any atom is -0.369 e. The third kappa shape index (κ3) is 2.60. The summed E-state index contributed by atoms with van der Waals surface area (Å²) in [4.78, 5) is 14.5. The number of nitrogens with two attached hydrogens (primary N) is 1. The molecule has 64 valence electrons. The van der Waals surface area contributed by atoms with Gasteiger partial charge < -0.3 is 5.73 Å². The predicted octanol–water partition coefficient (Wildman–Crippen LogP) is 1.37. The van der Waals surface area contributed by atoms with Crippen LogP contribution in [0.15, 0.2) is 12.3 Å². The van der Waals surface area contributed by atoms with E-state index in [2.05, 4.69) is 27.6 Å². The van der Waals surface area contributed by atoms with Crippen LogP contribution in [0.4, 0.5) is 0 Å². The highest BCUT2D eigenvalue weighted by Gasteiger charge is 2.04. The molecule has 3 nitrogen and oxygen atoms in total. The Hall–Kier alpha value is -0.360. The number of carbonyl (C=O) groups is 1. The summed E-state index contributed by atoms with van der Waals surface area (Å²) in [7, 11) is 0. The smallest absolute Gasteiger partial charge is 0.223 e. The van der Waals surface area contributed by atoms with Gasteiger partial charge in [0.05, 0.1) is 17.1 Å². The van der Waals surface area contributed by atoms with Crippen molar-refractivity contribution < 1.29 is 4.79 Å². The highest BCUT2D eigenvalue weighted by Crippen LogP contribution is 2.15. The predicted molar refractivity (Wildman–Crippen MR) is 54.9 cm³/mol. The first-order chi connectivity index (χ1) is 5.59. The van der Waals surface area contributed by atoms with Crippen molar-refractivity contribution in [2.45, 2.75) is 6.42 Å². The summed E-state index contributed by atoms with van der Waals surface area (Å²) in [6, 6.07) is 1.74. The van der Waals surface area contributed by atoms with E-state index < -0.39 is 0 Å². The van der Waals surface area contributed by atoms with Gasteiger partial charge in [0.2, 0.25) is 5.91 Å². The van der Waals surface area contributed by atoms with Crippen LogP contribution in [0, 0.1) is 3.57 Å². The van der Waals surface area contributed by atoms with E-state index in [9.17, 15) is 4.79 Å². The normalized spacial score (nSPS) is 9.83. The monoisotopic (exact) mass is 296 g/mol. The van der Waals surface area contributed by atoms with Gasteiger partial charge in [0, 0.05) is 9.77 Å². The average molecular weight is 296 g/mol. The molecule has 0 saturated carbocycles. The molecule has 1 aromatic rings. The first-order valence-corrected chi connectivity index (χ1v) is 4.63. The van der Waals surface area contributed by atoms with E-state index in [-0.39, 0.29) is 12.3 Å². The molecule has 0 aliphatic heterocycles. The van der Waals surface area contributed by atoms with Gasteiger partial charge in [-0.1, -0.05) is 11.6 Å². The molecule has 2 N–H and O–H groups in total. The lowest BCUT2D eigenvalue weighted by Crippen LogP contribution is -2.15. The summed E-state index contributed by atoms with van der Waals surface area (Å²) in [6.45, 7) is 0. The summed E-state index contributed by atoms with van der Waals surface area (Å²) < 4.78 is 0.860. The molecule has 1 rings (SSSR count). The zero-order valence-corrected chi connectivity index (χ0v) is 8.96. The first kappa shape index (κ1) is 9.73. The molecule has 0 aliphatic rings. The molecule has 0 atom stereocenters. The van der Waals surface area contributed by atoms with Crippen LogP contribution in [0.2, 0.25) is 5.02 Å². The molecule has 0 aliphatic carbocycles. The Labute approximate surface area is 88.4 Å². The number of hydrogen-bond acceptors (Lipinski definition) is 2. The fourth-order valence-corrected chi connectivity index (χ4v) is 1.75. The zero-order chi connectivity index (χ0) is 9.14. The summed E-state index contributed by atoms with van der Waals surface area (Å²) in [6.07, 6.45) is 1.66. The van der Waals surface area contributed by atoms with Gasteiger partial charge in [-0.25, -0.2) is 0 Å². The van der Waals surface area contributed by atoms with Gasteiger partial charge in [-0.3, -0.25) is 9.78 Å². The second-order valence-corrected chi connectivity index (χ2v) is 3.82. The summed E-state index contributed by atoms with van der Waals surface area (Å²) >= 11 is 7.73. The molecule has 0 saturated heterocycles. The van der Waals surface area contributed by atoms with Crippen molar-refractivity contribution in [2.24, 2.45) is 5.73 Å². The number of pyridine rings is 1. The minimum absolute atomic E-state index is 0.162. The average Bonchev–Trinajstić information content (AvgIpc) is 1.94. The van der Waals surface area contributed by atoms with E-state index in [1.165, 1.54) is 6.20 Å². The van der Waals surface area contributed by atoms with E-state index in [0.29, 0.717) is 10.7 Å². The number of amides is 1. The molecule has 0 fully saturated rings. The number of halogens is 2. The molecule has 1 amide bonds. The molecule has 0 bridgehead atoms. The number of primary amides is 1. The van der Waals surface area contributed by atoms with Crippen molar-refractivity contribution in [1.29, 1.82) is 0 Å². The molecule has 0 aromatic carbocycles. The van der Waals surface area contributed by atoms with Gasteiger partial charge in [0.25, 0.3) is 0 Å². The van der Waals surface area contributed by atoms with E-state index in [4.69, 9.17) is 17.3 Å². The lowest BCUT2D eigenvalue weighted by Gasteiger charge is -1.99. The van der Waals surface area contributed by atoms with Crippen LogP contribution in [0.3, 0.4) is 0 Å². The number of aromatic nitrogens is 1. The van der Waals surface area contributed by atoms with E-state index in [1.807, 2.05) is 0 Å². The molecular weight excluding hydrogens is 290 g/mol. The second-order valence-electron chi connectivity index (χ2n) is 2.23. The molecule has 0 unspecified atom stereocenters. The van der Waals surface area contributed by atoms with Crippen LogP contribution in [-0.4, -0.2) is 10.9 Å². The van der Waals surface area contributed by atoms with Crippen molar-refractivity contribution in [2.75, 3.05) is 0 Å². The minimum atomic E-state index is -0.386. The van der Waals surface area contributed by atoms with Crippen molar-refractivity contribution >= 4 is 40.1 Å². The van der Waals surface area contributed by atoms with Crippen molar-refractivity contribution in [3.05, 3.63) is 26.5 Å². The highest BCUT2D eigenvalue weighted by atomic mass is 127. The Morgan fingerprint density at radius 1 is 1.75 bits per heavy atom. The van der Waals surface area contributed by atoms with Gasteiger partial charge in [0.15, 0.2) is 0 Å². The molecule has 0 spiro atoms. The Bertz CT molecular complexity index is 316. The van der Waals surface area contributed by atoms with Crippen LogP contribution in [-0.2, 0) is 11.2 Å². The van der Waals surface area contributed by atoms with Gasteiger partial charge in [-0.05, 0) is 28.7 Å². The molecule has 1 heterocycles. The van der Waals surface area contributed by atoms with E-state index in [0.717, 1.165) is 3.57 Å². The quantitative estimate of drug-likeness (QED) is 0.838. The Balaban J connectivity index is 2.93. The maximum absolute atomic E-state index is 10.6. The molecule has 0 radical (unpaired) electrons. The highest BCUT2D eigenvalue weighted by molar-refractivity contribution is 14.1. The second kappa shape index (κ2) is 4.04. The van der Waals surface area contributed by atoms with E-state index in [1.54, 1.807) is 6.07 Å². The third-order valence-corrected chi connectivity index (χ3v) is 2.37. The maximum atomic E-state index is 10.6. The topological polar surface area (TPSA) is 56.0 Å². The fourth-order valence-electron chi connectivity index (χ4n) is 0.738. The van der Waals surface area contributed by atoms with Gasteiger partial charge in [0.1, 0.15) is 0 Å². The van der Waals surface area contributed by atoms with Crippen LogP contribution < -0.4 is 5.73 Å². The largest absolute Gasteiger partial charge is 0.369 e. The maximum Gasteiger partial charge on any atom is 0.223 e. The van der Waals surface area contributed by atoms with Crippen molar-refractivity contribution in [3.8, 4) is 0 Å². The van der Waals surface area contributed by atoms with Crippen LogP contribution >= 0.6 is 34.2 Å². The molecular formula is C7H6ClIN2O. The Morgan fingerprint density at radius 2 is 2.42 bits per heavy atom. The number of nitrogens with zero attached hydrogens (tertiary/aromatic N) is 1. The van der Waals surface area contributed by atoms with Crippen LogP contribution in [0.5, 0.6) is 0 Å². The first-order valence-electron chi connectivity index (χ1n) is 3.18.